The lowest BCUT2D eigenvalue weighted by molar-refractivity contribution is -0.127. The number of alkyl halides is 2. The maximum atomic E-state index is 12.4. The second kappa shape index (κ2) is 10.3. The molecule has 0 radical (unpaired) electrons. The predicted molar refractivity (Wildman–Crippen MR) is 99.4 cm³/mol. The fourth-order valence-corrected chi connectivity index (χ4v) is 2.45. The van der Waals surface area contributed by atoms with Crippen molar-refractivity contribution in [1.29, 1.82) is 0 Å². The maximum Gasteiger partial charge on any atom is 0.387 e. The molecule has 0 heterocycles. The number of nitrogens with one attached hydrogen (secondary N) is 1. The molecule has 0 bridgehead atoms. The summed E-state index contributed by atoms with van der Waals surface area (Å²) in [4.78, 5) is 12.2. The van der Waals surface area contributed by atoms with Gasteiger partial charge in [-0.05, 0) is 55.3 Å². The molecule has 1 atom stereocenters. The van der Waals surface area contributed by atoms with Crippen LogP contribution in [0.2, 0.25) is 0 Å². The SMILES string of the molecule is COc1ccc(OC(C)C(=O)NCCc2ccc(OC(F)F)c(OC)c2)cc1. The lowest BCUT2D eigenvalue weighted by atomic mass is 10.1. The number of ether oxygens (including phenoxy) is 4. The van der Waals surface area contributed by atoms with E-state index in [0.717, 1.165) is 5.56 Å². The van der Waals surface area contributed by atoms with Crippen LogP contribution in [-0.2, 0) is 11.2 Å². The molecule has 1 N–H and O–H groups in total. The van der Waals surface area contributed by atoms with Gasteiger partial charge in [0.15, 0.2) is 17.6 Å². The van der Waals surface area contributed by atoms with Gasteiger partial charge in [-0.2, -0.15) is 8.78 Å². The van der Waals surface area contributed by atoms with Gasteiger partial charge in [-0.25, -0.2) is 0 Å². The van der Waals surface area contributed by atoms with Crippen LogP contribution in [0.3, 0.4) is 0 Å². The lowest BCUT2D eigenvalue weighted by Gasteiger charge is -2.15. The monoisotopic (exact) mass is 395 g/mol. The molecule has 1 unspecified atom stereocenters. The maximum absolute atomic E-state index is 12.4. The molecule has 0 fully saturated rings. The Morgan fingerprint density at radius 3 is 2.25 bits per heavy atom. The number of carbonyl (C=O) groups is 1. The zero-order valence-electron chi connectivity index (χ0n) is 15.9. The van der Waals surface area contributed by atoms with Gasteiger partial charge >= 0.3 is 6.61 Å². The molecule has 0 aliphatic carbocycles. The number of benzene rings is 2. The third-order valence-electron chi connectivity index (χ3n) is 3.90. The summed E-state index contributed by atoms with van der Waals surface area (Å²) in [5, 5.41) is 2.78. The van der Waals surface area contributed by atoms with Crippen LogP contribution in [-0.4, -0.2) is 39.4 Å². The van der Waals surface area contributed by atoms with E-state index in [0.29, 0.717) is 24.5 Å². The molecule has 0 aliphatic rings. The van der Waals surface area contributed by atoms with Crippen molar-refractivity contribution in [3.8, 4) is 23.0 Å². The second-order valence-electron chi connectivity index (χ2n) is 5.84. The van der Waals surface area contributed by atoms with Crippen LogP contribution in [0.1, 0.15) is 12.5 Å². The zero-order chi connectivity index (χ0) is 20.5. The van der Waals surface area contributed by atoms with Gasteiger partial charge in [0.1, 0.15) is 11.5 Å². The number of halogens is 2. The van der Waals surface area contributed by atoms with Crippen molar-refractivity contribution in [1.82, 2.24) is 5.32 Å². The fourth-order valence-electron chi connectivity index (χ4n) is 2.45. The number of carbonyl (C=O) groups excluding carboxylic acids is 1. The van der Waals surface area contributed by atoms with Crippen molar-refractivity contribution in [2.75, 3.05) is 20.8 Å². The summed E-state index contributed by atoms with van der Waals surface area (Å²) >= 11 is 0. The highest BCUT2D eigenvalue weighted by atomic mass is 19.3. The van der Waals surface area contributed by atoms with Crippen LogP contribution < -0.4 is 24.3 Å². The van der Waals surface area contributed by atoms with Crippen LogP contribution in [0, 0.1) is 0 Å². The van der Waals surface area contributed by atoms with Gasteiger partial charge < -0.3 is 24.3 Å². The molecule has 152 valence electrons. The van der Waals surface area contributed by atoms with E-state index in [2.05, 4.69) is 10.1 Å². The van der Waals surface area contributed by atoms with Crippen molar-refractivity contribution in [2.45, 2.75) is 26.1 Å². The molecule has 6 nitrogen and oxygen atoms in total. The molecule has 0 aromatic heterocycles. The molecule has 2 rings (SSSR count). The summed E-state index contributed by atoms with van der Waals surface area (Å²) in [6.45, 7) is -0.918. The van der Waals surface area contributed by atoms with Crippen molar-refractivity contribution >= 4 is 5.91 Å². The van der Waals surface area contributed by atoms with Crippen LogP contribution in [0.4, 0.5) is 8.78 Å². The lowest BCUT2D eigenvalue weighted by Crippen LogP contribution is -2.37. The first-order chi connectivity index (χ1) is 13.4. The third kappa shape index (κ3) is 6.29. The van der Waals surface area contributed by atoms with Crippen molar-refractivity contribution in [3.05, 3.63) is 48.0 Å². The Balaban J connectivity index is 1.83. The van der Waals surface area contributed by atoms with E-state index in [1.54, 1.807) is 50.4 Å². The minimum absolute atomic E-state index is 0.0354. The highest BCUT2D eigenvalue weighted by Gasteiger charge is 2.15. The summed E-state index contributed by atoms with van der Waals surface area (Å²) in [5.74, 6) is 1.17. The van der Waals surface area contributed by atoms with E-state index in [1.165, 1.54) is 13.2 Å². The van der Waals surface area contributed by atoms with Crippen LogP contribution in [0.5, 0.6) is 23.0 Å². The molecule has 8 heteroatoms. The Labute approximate surface area is 162 Å². The Hall–Kier alpha value is -3.03. The summed E-state index contributed by atoms with van der Waals surface area (Å²) in [7, 11) is 2.94. The number of methoxy groups -OCH3 is 2. The Morgan fingerprint density at radius 2 is 1.64 bits per heavy atom. The molecule has 28 heavy (non-hydrogen) atoms. The highest BCUT2D eigenvalue weighted by molar-refractivity contribution is 5.80. The standard InChI is InChI=1S/C20H23F2NO5/c1-13(27-16-7-5-15(25-2)6-8-16)19(24)23-11-10-14-4-9-17(28-20(21)22)18(12-14)26-3/h4-9,12-13,20H,10-11H2,1-3H3,(H,23,24). The van der Waals surface area contributed by atoms with Gasteiger partial charge in [-0.3, -0.25) is 4.79 Å². The Morgan fingerprint density at radius 1 is 0.964 bits per heavy atom. The summed E-state index contributed by atoms with van der Waals surface area (Å²) in [6.07, 6.45) is -0.184. The topological polar surface area (TPSA) is 66.0 Å². The largest absolute Gasteiger partial charge is 0.497 e. The number of hydrogen-bond donors (Lipinski definition) is 1. The van der Waals surface area contributed by atoms with Gasteiger partial charge in [0.25, 0.3) is 5.91 Å². The van der Waals surface area contributed by atoms with Gasteiger partial charge in [-0.15, -0.1) is 0 Å². The first kappa shape index (κ1) is 21.3. The average Bonchev–Trinajstić information content (AvgIpc) is 2.69. The molecular weight excluding hydrogens is 372 g/mol. The average molecular weight is 395 g/mol. The van der Waals surface area contributed by atoms with Crippen LogP contribution in [0.25, 0.3) is 0 Å². The minimum Gasteiger partial charge on any atom is -0.497 e. The molecule has 0 saturated heterocycles. The molecule has 2 aromatic carbocycles. The van der Waals surface area contributed by atoms with Gasteiger partial charge in [0, 0.05) is 6.54 Å². The zero-order valence-corrected chi connectivity index (χ0v) is 15.9. The first-order valence-electron chi connectivity index (χ1n) is 8.63. The van der Waals surface area contributed by atoms with E-state index in [4.69, 9.17) is 14.2 Å². The smallest absolute Gasteiger partial charge is 0.387 e. The molecule has 0 aliphatic heterocycles. The minimum atomic E-state index is -2.92. The fraction of sp³-hybridized carbons (Fsp3) is 0.350. The van der Waals surface area contributed by atoms with E-state index >= 15 is 0 Å². The predicted octanol–water partition coefficient (Wildman–Crippen LogP) is 3.43. The highest BCUT2D eigenvalue weighted by Crippen LogP contribution is 2.29. The van der Waals surface area contributed by atoms with Gasteiger partial charge in [0.05, 0.1) is 14.2 Å². The first-order valence-corrected chi connectivity index (χ1v) is 8.63. The van der Waals surface area contributed by atoms with Crippen molar-refractivity contribution < 1.29 is 32.5 Å². The summed E-state index contributed by atoms with van der Waals surface area (Å²) in [6, 6.07) is 11.6. The van der Waals surface area contributed by atoms with Gasteiger partial charge in [0.2, 0.25) is 0 Å². The molecule has 2 aromatic rings. The van der Waals surface area contributed by atoms with E-state index in [-0.39, 0.29) is 17.4 Å². The molecule has 0 spiro atoms. The Kier molecular flexibility index (Phi) is 7.86. The molecule has 0 saturated carbocycles. The third-order valence-corrected chi connectivity index (χ3v) is 3.90. The number of rotatable bonds is 10. The van der Waals surface area contributed by atoms with Crippen LogP contribution in [0.15, 0.2) is 42.5 Å². The summed E-state index contributed by atoms with van der Waals surface area (Å²) < 4.78 is 44.8. The normalized spacial score (nSPS) is 11.6. The molecular formula is C20H23F2NO5. The molecule has 1 amide bonds. The van der Waals surface area contributed by atoms with E-state index in [1.807, 2.05) is 0 Å². The Bertz CT molecular complexity index is 768. The number of hydrogen-bond acceptors (Lipinski definition) is 5. The van der Waals surface area contributed by atoms with Crippen LogP contribution >= 0.6 is 0 Å². The summed E-state index contributed by atoms with van der Waals surface area (Å²) in [5.41, 5.74) is 0.808. The van der Waals surface area contributed by atoms with E-state index < -0.39 is 12.7 Å². The van der Waals surface area contributed by atoms with Crippen molar-refractivity contribution in [3.63, 3.8) is 0 Å². The number of amides is 1. The van der Waals surface area contributed by atoms with E-state index in [9.17, 15) is 13.6 Å². The van der Waals surface area contributed by atoms with Gasteiger partial charge in [-0.1, -0.05) is 6.07 Å². The second-order valence-corrected chi connectivity index (χ2v) is 5.84. The quantitative estimate of drug-likeness (QED) is 0.668. The van der Waals surface area contributed by atoms with Crippen molar-refractivity contribution in [2.24, 2.45) is 0 Å².